The van der Waals surface area contributed by atoms with E-state index in [1.54, 1.807) is 0 Å². The van der Waals surface area contributed by atoms with Crippen LogP contribution < -0.4 is 5.32 Å². The molecule has 0 heterocycles. The van der Waals surface area contributed by atoms with Gasteiger partial charge >= 0.3 is 5.97 Å². The summed E-state index contributed by atoms with van der Waals surface area (Å²) in [5.74, 6) is 0.414. The van der Waals surface area contributed by atoms with Gasteiger partial charge in [-0.3, -0.25) is 4.79 Å². The summed E-state index contributed by atoms with van der Waals surface area (Å²) >= 11 is 0. The Morgan fingerprint density at radius 3 is 2.39 bits per heavy atom. The summed E-state index contributed by atoms with van der Waals surface area (Å²) in [6.45, 7) is 13.2. The molecule has 0 saturated carbocycles. The summed E-state index contributed by atoms with van der Waals surface area (Å²) in [7, 11) is 0. The molecule has 0 atom stereocenters. The van der Waals surface area contributed by atoms with Gasteiger partial charge in [-0.05, 0) is 43.1 Å². The average molecular weight is 320 g/mol. The topological polar surface area (TPSA) is 41.6 Å². The maximum atomic E-state index is 11.7. The largest absolute Gasteiger partial charge is 0.465 e. The Bertz CT molecular complexity index is 439. The van der Waals surface area contributed by atoms with Gasteiger partial charge in [-0.15, -0.1) is 0 Å². The molecule has 0 bridgehead atoms. The molecule has 0 aromatic heterocycles. The van der Waals surface area contributed by atoms with Crippen LogP contribution in [0, 0.1) is 5.92 Å². The van der Waals surface area contributed by atoms with Gasteiger partial charge in [-0.1, -0.05) is 39.8 Å². The van der Waals surface area contributed by atoms with Crippen LogP contribution in [-0.4, -0.2) is 43.7 Å². The number of carbonyl (C=O) groups excluding carboxylic acids is 1. The van der Waals surface area contributed by atoms with E-state index in [2.05, 4.69) is 37.9 Å². The van der Waals surface area contributed by atoms with Gasteiger partial charge in [0.15, 0.2) is 0 Å². The Hall–Kier alpha value is -1.55. The van der Waals surface area contributed by atoms with Crippen LogP contribution in [0.25, 0.3) is 0 Å². The highest BCUT2D eigenvalue weighted by molar-refractivity contribution is 5.72. The lowest BCUT2D eigenvalue weighted by Crippen LogP contribution is -2.28. The summed E-state index contributed by atoms with van der Waals surface area (Å²) < 4.78 is 5.24. The molecular weight excluding hydrogens is 288 g/mol. The Morgan fingerprint density at radius 2 is 1.83 bits per heavy atom. The second kappa shape index (κ2) is 11.1. The molecule has 1 rings (SSSR count). The Morgan fingerprint density at radius 1 is 1.17 bits per heavy atom. The lowest BCUT2D eigenvalue weighted by molar-refractivity contribution is -0.143. The molecule has 4 heteroatoms. The molecule has 130 valence electrons. The zero-order valence-electron chi connectivity index (χ0n) is 15.1. The van der Waals surface area contributed by atoms with Gasteiger partial charge in [0.1, 0.15) is 0 Å². The molecular formula is C19H32N2O2. The lowest BCUT2D eigenvalue weighted by Gasteiger charge is -2.18. The van der Waals surface area contributed by atoms with Crippen LogP contribution in [-0.2, 0) is 16.0 Å². The summed E-state index contributed by atoms with van der Waals surface area (Å²) in [6.07, 6.45) is 1.26. The van der Waals surface area contributed by atoms with Gasteiger partial charge in [0.05, 0.1) is 13.0 Å². The van der Waals surface area contributed by atoms with Crippen LogP contribution in [0.5, 0.6) is 0 Å². The van der Waals surface area contributed by atoms with Crippen molar-refractivity contribution in [3.8, 4) is 0 Å². The van der Waals surface area contributed by atoms with E-state index in [9.17, 15) is 4.79 Å². The lowest BCUT2D eigenvalue weighted by atomic mass is 10.1. The minimum Gasteiger partial charge on any atom is -0.465 e. The summed E-state index contributed by atoms with van der Waals surface area (Å²) in [5.41, 5.74) is 2.09. The first-order chi connectivity index (χ1) is 11.0. The predicted molar refractivity (Wildman–Crippen MR) is 96.8 cm³/mol. The van der Waals surface area contributed by atoms with Crippen molar-refractivity contribution < 1.29 is 9.53 Å². The molecule has 0 aliphatic heterocycles. The monoisotopic (exact) mass is 320 g/mol. The van der Waals surface area contributed by atoms with E-state index in [0.29, 0.717) is 18.9 Å². The van der Waals surface area contributed by atoms with Gasteiger partial charge in [0, 0.05) is 18.8 Å². The second-order valence-electron chi connectivity index (χ2n) is 6.23. The molecule has 0 aliphatic rings. The summed E-state index contributed by atoms with van der Waals surface area (Å²) in [5, 5.41) is 3.41. The number of hydrogen-bond acceptors (Lipinski definition) is 4. The number of anilines is 1. The van der Waals surface area contributed by atoms with Gasteiger partial charge in [-0.2, -0.15) is 0 Å². The minimum absolute atomic E-state index is 0.145. The fraction of sp³-hybridized carbons (Fsp3) is 0.632. The number of nitrogens with one attached hydrogen (secondary N) is 1. The predicted octanol–water partition coefficient (Wildman–Crippen LogP) is 3.57. The third kappa shape index (κ3) is 8.60. The van der Waals surface area contributed by atoms with E-state index >= 15 is 0 Å². The second-order valence-corrected chi connectivity index (χ2v) is 6.23. The Kier molecular flexibility index (Phi) is 9.37. The van der Waals surface area contributed by atoms with Crippen LogP contribution in [0.2, 0.25) is 0 Å². The molecule has 0 radical (unpaired) electrons. The molecule has 0 fully saturated rings. The van der Waals surface area contributed by atoms with Gasteiger partial charge in [0.2, 0.25) is 0 Å². The molecule has 23 heavy (non-hydrogen) atoms. The van der Waals surface area contributed by atoms with Crippen LogP contribution >= 0.6 is 0 Å². The van der Waals surface area contributed by atoms with E-state index in [-0.39, 0.29) is 5.97 Å². The van der Waals surface area contributed by atoms with Crippen molar-refractivity contribution >= 4 is 11.7 Å². The van der Waals surface area contributed by atoms with Gasteiger partial charge in [-0.25, -0.2) is 0 Å². The van der Waals surface area contributed by atoms with Crippen LogP contribution in [0.1, 0.15) is 39.7 Å². The van der Waals surface area contributed by atoms with Crippen LogP contribution in [0.3, 0.4) is 0 Å². The van der Waals surface area contributed by atoms with Crippen LogP contribution in [0.4, 0.5) is 5.69 Å². The van der Waals surface area contributed by atoms with Crippen molar-refractivity contribution in [2.24, 2.45) is 5.92 Å². The van der Waals surface area contributed by atoms with Crippen molar-refractivity contribution in [3.05, 3.63) is 29.8 Å². The zero-order chi connectivity index (χ0) is 17.1. The Balaban J connectivity index is 2.31. The maximum absolute atomic E-state index is 11.7. The standard InChI is InChI=1S/C19H32N2O2/c1-5-21(6-2)13-12-20-18-9-7-17(8-10-18)15-19(22)23-14-11-16(3)4/h7-10,16,20H,5-6,11-15H2,1-4H3. The first kappa shape index (κ1) is 19.5. The molecule has 0 unspecified atom stereocenters. The molecule has 0 aliphatic carbocycles. The van der Waals surface area contributed by atoms with Gasteiger partial charge in [0.25, 0.3) is 0 Å². The van der Waals surface area contributed by atoms with E-state index in [1.165, 1.54) is 0 Å². The molecule has 1 aromatic carbocycles. The highest BCUT2D eigenvalue weighted by atomic mass is 16.5. The highest BCUT2D eigenvalue weighted by Crippen LogP contribution is 2.10. The molecule has 4 nitrogen and oxygen atoms in total. The van der Waals surface area contributed by atoms with Crippen molar-refractivity contribution in [2.45, 2.75) is 40.5 Å². The number of hydrogen-bond donors (Lipinski definition) is 1. The molecule has 0 amide bonds. The van der Waals surface area contributed by atoms with E-state index in [1.807, 2.05) is 24.3 Å². The van der Waals surface area contributed by atoms with E-state index < -0.39 is 0 Å². The van der Waals surface area contributed by atoms with Crippen molar-refractivity contribution in [3.63, 3.8) is 0 Å². The molecule has 0 saturated heterocycles. The number of nitrogens with zero attached hydrogens (tertiary/aromatic N) is 1. The number of likely N-dealkylation sites (N-methyl/N-ethyl adjacent to an activating group) is 1. The third-order valence-electron chi connectivity index (χ3n) is 3.91. The first-order valence-corrected chi connectivity index (χ1v) is 8.75. The molecule has 0 spiro atoms. The van der Waals surface area contributed by atoms with Crippen molar-refractivity contribution in [1.29, 1.82) is 0 Å². The number of rotatable bonds is 11. The first-order valence-electron chi connectivity index (χ1n) is 8.75. The highest BCUT2D eigenvalue weighted by Gasteiger charge is 2.06. The number of carbonyl (C=O) groups is 1. The quantitative estimate of drug-likeness (QED) is 0.633. The van der Waals surface area contributed by atoms with E-state index in [0.717, 1.165) is 43.9 Å². The number of esters is 1. The smallest absolute Gasteiger partial charge is 0.310 e. The van der Waals surface area contributed by atoms with E-state index in [4.69, 9.17) is 4.74 Å². The average Bonchev–Trinajstić information content (AvgIpc) is 2.53. The van der Waals surface area contributed by atoms with Crippen molar-refractivity contribution in [1.82, 2.24) is 4.90 Å². The minimum atomic E-state index is -0.145. The Labute approximate surface area is 141 Å². The fourth-order valence-electron chi connectivity index (χ4n) is 2.26. The number of benzene rings is 1. The zero-order valence-corrected chi connectivity index (χ0v) is 15.1. The van der Waals surface area contributed by atoms with Crippen molar-refractivity contribution in [2.75, 3.05) is 38.1 Å². The SMILES string of the molecule is CCN(CC)CCNc1ccc(CC(=O)OCCC(C)C)cc1. The normalized spacial score (nSPS) is 11.0. The molecule has 1 aromatic rings. The fourth-order valence-corrected chi connectivity index (χ4v) is 2.26. The van der Waals surface area contributed by atoms with Crippen LogP contribution in [0.15, 0.2) is 24.3 Å². The number of ether oxygens (including phenoxy) is 1. The van der Waals surface area contributed by atoms with Gasteiger partial charge < -0.3 is 15.0 Å². The molecule has 1 N–H and O–H groups in total. The summed E-state index contributed by atoms with van der Waals surface area (Å²) in [4.78, 5) is 14.1. The third-order valence-corrected chi connectivity index (χ3v) is 3.91. The summed E-state index contributed by atoms with van der Waals surface area (Å²) in [6, 6.07) is 8.03. The maximum Gasteiger partial charge on any atom is 0.310 e.